The second kappa shape index (κ2) is 12.7. The summed E-state index contributed by atoms with van der Waals surface area (Å²) in [5.41, 5.74) is 3.61. The fraction of sp³-hybridized carbons (Fsp3) is 0.455. The number of fused-ring (bicyclic) bond motifs is 2. The second-order valence-electron chi connectivity index (χ2n) is 12.1. The topological polar surface area (TPSA) is 145 Å². The lowest BCUT2D eigenvalue weighted by molar-refractivity contribution is -0.130. The molecule has 1 aliphatic heterocycles. The number of benzene rings is 2. The van der Waals surface area contributed by atoms with Crippen LogP contribution in [0.5, 0.6) is 0 Å². The van der Waals surface area contributed by atoms with Crippen LogP contribution in [-0.4, -0.2) is 96.0 Å². The van der Waals surface area contributed by atoms with Crippen molar-refractivity contribution >= 4 is 17.7 Å². The monoisotopic (exact) mass is 613 g/mol. The van der Waals surface area contributed by atoms with Gasteiger partial charge in [0.1, 0.15) is 6.04 Å². The SMILES string of the molecule is CN(C)C(=O)c1ccc2c(c1)CCc1cc(C(=O)N(C)C)ccc1C2(CCNCC(=O)N1CCC[C@H]1C#N)c1nc(=O)on1C. The minimum absolute atomic E-state index is 0.0538. The van der Waals surface area contributed by atoms with Gasteiger partial charge in [0.05, 0.1) is 18.0 Å². The Morgan fingerprint density at radius 1 is 1.02 bits per heavy atom. The van der Waals surface area contributed by atoms with Gasteiger partial charge in [-0.1, -0.05) is 12.1 Å². The summed E-state index contributed by atoms with van der Waals surface area (Å²) in [6.07, 6.45) is 3.03. The van der Waals surface area contributed by atoms with Gasteiger partial charge in [-0.25, -0.2) is 4.79 Å². The number of nitrogens with zero attached hydrogens (tertiary/aromatic N) is 6. The van der Waals surface area contributed by atoms with Crippen LogP contribution in [0.1, 0.15) is 68.1 Å². The van der Waals surface area contributed by atoms with Gasteiger partial charge in [0, 0.05) is 52.9 Å². The molecular formula is C33H39N7O5. The third-order valence-corrected chi connectivity index (χ3v) is 8.87. The zero-order chi connectivity index (χ0) is 32.5. The first-order valence-corrected chi connectivity index (χ1v) is 15.1. The van der Waals surface area contributed by atoms with Gasteiger partial charge >= 0.3 is 5.76 Å². The van der Waals surface area contributed by atoms with Crippen LogP contribution in [0, 0.1) is 11.3 Å². The first-order valence-electron chi connectivity index (χ1n) is 15.1. The number of nitriles is 1. The molecule has 12 heteroatoms. The summed E-state index contributed by atoms with van der Waals surface area (Å²) in [6, 6.07) is 13.0. The Hall–Kier alpha value is -4.76. The van der Waals surface area contributed by atoms with Crippen molar-refractivity contribution in [3.63, 3.8) is 0 Å². The van der Waals surface area contributed by atoms with E-state index in [4.69, 9.17) is 4.52 Å². The van der Waals surface area contributed by atoms with E-state index >= 15 is 0 Å². The first kappa shape index (κ1) is 31.7. The molecular weight excluding hydrogens is 574 g/mol. The number of rotatable bonds is 8. The van der Waals surface area contributed by atoms with Crippen LogP contribution in [0.3, 0.4) is 0 Å². The molecule has 0 spiro atoms. The predicted molar refractivity (Wildman–Crippen MR) is 166 cm³/mol. The Labute approximate surface area is 262 Å². The molecule has 0 bridgehead atoms. The van der Waals surface area contributed by atoms with E-state index in [-0.39, 0.29) is 24.3 Å². The highest BCUT2D eigenvalue weighted by Gasteiger charge is 2.45. The van der Waals surface area contributed by atoms with Crippen LogP contribution in [-0.2, 0) is 30.1 Å². The molecule has 1 fully saturated rings. The lowest BCUT2D eigenvalue weighted by atomic mass is 9.69. The van der Waals surface area contributed by atoms with Crippen molar-refractivity contribution in [3.8, 4) is 6.07 Å². The number of hydrogen-bond donors (Lipinski definition) is 1. The highest BCUT2D eigenvalue weighted by molar-refractivity contribution is 5.95. The van der Waals surface area contributed by atoms with Crippen molar-refractivity contribution in [1.82, 2.24) is 29.7 Å². The van der Waals surface area contributed by atoms with Gasteiger partial charge in [-0.15, -0.1) is 0 Å². The average Bonchev–Trinajstić information content (AvgIpc) is 3.61. The second-order valence-corrected chi connectivity index (χ2v) is 12.1. The molecule has 1 atom stereocenters. The van der Waals surface area contributed by atoms with E-state index < -0.39 is 17.2 Å². The summed E-state index contributed by atoms with van der Waals surface area (Å²) in [4.78, 5) is 60.6. The van der Waals surface area contributed by atoms with Crippen LogP contribution in [0.15, 0.2) is 45.7 Å². The molecule has 0 unspecified atom stereocenters. The molecule has 2 aromatic carbocycles. The third-order valence-electron chi connectivity index (χ3n) is 8.87. The van der Waals surface area contributed by atoms with Crippen molar-refractivity contribution in [2.24, 2.45) is 7.05 Å². The molecule has 1 N–H and O–H groups in total. The lowest BCUT2D eigenvalue weighted by Crippen LogP contribution is -2.42. The van der Waals surface area contributed by atoms with Crippen molar-refractivity contribution < 1.29 is 18.9 Å². The first-order chi connectivity index (χ1) is 21.5. The molecule has 1 saturated heterocycles. The number of likely N-dealkylation sites (tertiary alicyclic amines) is 1. The Bertz CT molecular complexity index is 1660. The third kappa shape index (κ3) is 5.88. The minimum Gasteiger partial charge on any atom is -0.345 e. The zero-order valence-electron chi connectivity index (χ0n) is 26.4. The smallest absolute Gasteiger partial charge is 0.345 e. The van der Waals surface area contributed by atoms with Gasteiger partial charge < -0.3 is 24.5 Å². The van der Waals surface area contributed by atoms with E-state index in [9.17, 15) is 24.4 Å². The summed E-state index contributed by atoms with van der Waals surface area (Å²) in [6.45, 7) is 0.970. The van der Waals surface area contributed by atoms with Crippen molar-refractivity contribution in [1.29, 1.82) is 5.26 Å². The van der Waals surface area contributed by atoms with Crippen molar-refractivity contribution in [2.75, 3.05) is 47.8 Å². The molecule has 45 heavy (non-hydrogen) atoms. The normalized spacial score (nSPS) is 16.7. The Morgan fingerprint density at radius 2 is 1.60 bits per heavy atom. The Balaban J connectivity index is 1.63. The van der Waals surface area contributed by atoms with Crippen LogP contribution in [0.2, 0.25) is 0 Å². The molecule has 2 heterocycles. The van der Waals surface area contributed by atoms with Crippen LogP contribution in [0.25, 0.3) is 0 Å². The molecule has 12 nitrogen and oxygen atoms in total. The van der Waals surface area contributed by atoms with E-state index in [1.165, 1.54) is 14.5 Å². The van der Waals surface area contributed by atoms with Gasteiger partial charge in [0.15, 0.2) is 5.82 Å². The van der Waals surface area contributed by atoms with Crippen LogP contribution in [0.4, 0.5) is 0 Å². The van der Waals surface area contributed by atoms with E-state index in [0.29, 0.717) is 55.7 Å². The standard InChI is InChI=1S/C33H39N7O5/c1-37(2)29(42)23-10-12-26-21(17-23)8-9-22-18-24(30(43)38(3)4)11-13-27(22)33(26,31-36-32(44)45-39(31)5)14-15-35-20-28(41)40-16-6-7-25(40)19-34/h10-13,17-18,25,35H,6-9,14-16,20H2,1-5H3/t25-/m0/s1. The fourth-order valence-electron chi connectivity index (χ4n) is 6.73. The summed E-state index contributed by atoms with van der Waals surface area (Å²) in [5, 5.41) is 12.7. The number of carbonyl (C=O) groups excluding carboxylic acids is 3. The summed E-state index contributed by atoms with van der Waals surface area (Å²) < 4.78 is 6.78. The number of aryl methyl sites for hydroxylation is 3. The minimum atomic E-state index is -1.03. The number of carbonyl (C=O) groups is 3. The molecule has 236 valence electrons. The van der Waals surface area contributed by atoms with E-state index in [1.54, 1.807) is 52.3 Å². The summed E-state index contributed by atoms with van der Waals surface area (Å²) >= 11 is 0. The molecule has 0 saturated carbocycles. The van der Waals surface area contributed by atoms with Gasteiger partial charge in [0.2, 0.25) is 5.91 Å². The molecule has 5 rings (SSSR count). The largest absolute Gasteiger partial charge is 0.459 e. The maximum atomic E-state index is 13.0. The fourth-order valence-corrected chi connectivity index (χ4v) is 6.73. The molecule has 3 amide bonds. The quantitative estimate of drug-likeness (QED) is 0.378. The van der Waals surface area contributed by atoms with Gasteiger partial charge in [0.25, 0.3) is 11.8 Å². The number of amides is 3. The lowest BCUT2D eigenvalue weighted by Gasteiger charge is -2.35. The highest BCUT2D eigenvalue weighted by atomic mass is 16.5. The Morgan fingerprint density at radius 3 is 2.09 bits per heavy atom. The number of nitrogens with one attached hydrogen (secondary N) is 1. The van der Waals surface area contributed by atoms with E-state index in [0.717, 1.165) is 28.7 Å². The highest BCUT2D eigenvalue weighted by Crippen LogP contribution is 2.46. The average molecular weight is 614 g/mol. The maximum absolute atomic E-state index is 13.0. The maximum Gasteiger partial charge on any atom is 0.459 e. The van der Waals surface area contributed by atoms with Crippen molar-refractivity contribution in [2.45, 2.75) is 43.6 Å². The zero-order valence-corrected chi connectivity index (χ0v) is 26.4. The molecule has 1 aliphatic carbocycles. The molecule has 3 aromatic rings. The molecule has 1 aromatic heterocycles. The molecule has 0 radical (unpaired) electrons. The van der Waals surface area contributed by atoms with Crippen LogP contribution < -0.4 is 11.1 Å². The Kier molecular flexibility index (Phi) is 8.93. The van der Waals surface area contributed by atoms with E-state index in [2.05, 4.69) is 16.4 Å². The van der Waals surface area contributed by atoms with Crippen LogP contribution >= 0.6 is 0 Å². The summed E-state index contributed by atoms with van der Waals surface area (Å²) in [5.74, 6) is -0.751. The number of hydrogen-bond acceptors (Lipinski definition) is 8. The predicted octanol–water partition coefficient (Wildman–Crippen LogP) is 1.70. The van der Waals surface area contributed by atoms with Crippen molar-refractivity contribution in [3.05, 3.63) is 86.2 Å². The van der Waals surface area contributed by atoms with Gasteiger partial charge in [-0.2, -0.15) is 15.0 Å². The van der Waals surface area contributed by atoms with E-state index in [1.807, 2.05) is 24.3 Å². The summed E-state index contributed by atoms with van der Waals surface area (Å²) in [7, 11) is 8.45. The number of aromatic nitrogens is 2. The van der Waals surface area contributed by atoms with Gasteiger partial charge in [-0.05, 0) is 85.2 Å². The molecule has 2 aliphatic rings. The van der Waals surface area contributed by atoms with Gasteiger partial charge in [-0.3, -0.25) is 14.4 Å².